The van der Waals surface area contributed by atoms with Crippen LogP contribution in [0.3, 0.4) is 0 Å². The van der Waals surface area contributed by atoms with Gasteiger partial charge in [0.05, 0.1) is 30.9 Å². The Morgan fingerprint density at radius 3 is 2.67 bits per heavy atom. The number of ether oxygens (including phenoxy) is 1. The molecule has 33 heavy (non-hydrogen) atoms. The molecule has 2 aliphatic rings. The molecule has 0 radical (unpaired) electrons. The van der Waals surface area contributed by atoms with Gasteiger partial charge in [0.1, 0.15) is 5.75 Å². The third-order valence-corrected chi connectivity index (χ3v) is 7.04. The number of nitrogens with zero attached hydrogens (tertiary/aromatic N) is 3. The van der Waals surface area contributed by atoms with Gasteiger partial charge in [-0.1, -0.05) is 29.8 Å². The first-order valence-corrected chi connectivity index (χ1v) is 11.9. The maximum atomic E-state index is 13.6. The normalized spacial score (nSPS) is 21.8. The summed E-state index contributed by atoms with van der Waals surface area (Å²) >= 11 is 6.10. The van der Waals surface area contributed by atoms with E-state index in [1.54, 1.807) is 13.4 Å². The average Bonchev–Trinajstić information content (AvgIpc) is 3.27. The second kappa shape index (κ2) is 9.06. The van der Waals surface area contributed by atoms with Crippen LogP contribution in [0.5, 0.6) is 5.75 Å². The van der Waals surface area contributed by atoms with Crippen LogP contribution in [0.15, 0.2) is 60.6 Å². The van der Waals surface area contributed by atoms with E-state index < -0.39 is 0 Å². The number of benzene rings is 2. The number of hydrogen-bond donors (Lipinski definition) is 0. The molecular weight excluding hydrogens is 434 g/mol. The molecule has 3 aromatic rings. The summed E-state index contributed by atoms with van der Waals surface area (Å²) in [7, 11) is 1.67. The molecule has 1 amide bonds. The lowest BCUT2D eigenvalue weighted by atomic mass is 9.84. The molecule has 2 aliphatic heterocycles. The molecule has 0 bridgehead atoms. The molecule has 1 aromatic heterocycles. The number of piperidine rings is 2. The maximum Gasteiger partial charge on any atom is 0.250 e. The van der Waals surface area contributed by atoms with Gasteiger partial charge in [0.25, 0.3) is 5.91 Å². The molecule has 170 valence electrons. The Bertz CT molecular complexity index is 1200. The Hall–Kier alpha value is -3.05. The Morgan fingerprint density at radius 1 is 1.12 bits per heavy atom. The van der Waals surface area contributed by atoms with Gasteiger partial charge in [0, 0.05) is 22.8 Å². The lowest BCUT2D eigenvalue weighted by Gasteiger charge is -2.46. The predicted octanol–water partition coefficient (Wildman–Crippen LogP) is 6.14. The van der Waals surface area contributed by atoms with E-state index in [9.17, 15) is 4.79 Å². The van der Waals surface area contributed by atoms with Crippen molar-refractivity contribution in [3.63, 3.8) is 0 Å². The third-order valence-electron chi connectivity index (χ3n) is 6.79. The minimum Gasteiger partial charge on any atom is -0.495 e. The first-order valence-electron chi connectivity index (χ1n) is 11.5. The number of rotatable bonds is 4. The quantitative estimate of drug-likeness (QED) is 0.438. The lowest BCUT2D eigenvalue weighted by molar-refractivity contribution is -0.136. The van der Waals surface area contributed by atoms with Gasteiger partial charge in [-0.15, -0.1) is 0 Å². The van der Waals surface area contributed by atoms with Crippen molar-refractivity contribution in [2.45, 2.75) is 51.1 Å². The highest BCUT2D eigenvalue weighted by molar-refractivity contribution is 6.30. The summed E-state index contributed by atoms with van der Waals surface area (Å²) in [6.45, 7) is 1.96. The molecule has 5 nitrogen and oxygen atoms in total. The number of aromatic nitrogens is 2. The van der Waals surface area contributed by atoms with Crippen molar-refractivity contribution in [2.24, 2.45) is 0 Å². The third kappa shape index (κ3) is 4.30. The standard InChI is InChI=1S/C27H28ClN3O2/c1-18-16-30(17-29-18)25-13-6-19(15-26(25)33-2)14-21-9-12-23-4-3-5-24(31(23)27(21)32)20-7-10-22(28)11-8-20/h6-8,10-11,13-17,23-24H,3-5,9,12H2,1-2H3/t23-,24+/m1/s1. The number of carbonyl (C=O) groups is 1. The topological polar surface area (TPSA) is 47.4 Å². The molecule has 0 saturated carbocycles. The highest BCUT2D eigenvalue weighted by atomic mass is 35.5. The molecule has 0 unspecified atom stereocenters. The van der Waals surface area contributed by atoms with E-state index in [-0.39, 0.29) is 11.9 Å². The number of halogens is 1. The highest BCUT2D eigenvalue weighted by Crippen LogP contribution is 2.41. The summed E-state index contributed by atoms with van der Waals surface area (Å²) in [5.74, 6) is 0.902. The average molecular weight is 462 g/mol. The van der Waals surface area contributed by atoms with Crippen molar-refractivity contribution in [1.82, 2.24) is 14.5 Å². The van der Waals surface area contributed by atoms with E-state index >= 15 is 0 Å². The largest absolute Gasteiger partial charge is 0.495 e. The summed E-state index contributed by atoms with van der Waals surface area (Å²) in [5.41, 5.74) is 4.87. The molecule has 0 spiro atoms. The molecule has 5 rings (SSSR count). The van der Waals surface area contributed by atoms with Crippen LogP contribution in [0.25, 0.3) is 11.8 Å². The first kappa shape index (κ1) is 21.8. The van der Waals surface area contributed by atoms with Crippen LogP contribution in [0.2, 0.25) is 5.02 Å². The smallest absolute Gasteiger partial charge is 0.250 e. The molecule has 2 atom stereocenters. The van der Waals surface area contributed by atoms with Gasteiger partial charge in [0.2, 0.25) is 0 Å². The monoisotopic (exact) mass is 461 g/mol. The second-order valence-corrected chi connectivity index (χ2v) is 9.36. The number of carbonyl (C=O) groups excluding carboxylic acids is 1. The molecule has 2 aromatic carbocycles. The Morgan fingerprint density at radius 2 is 1.94 bits per heavy atom. The number of methoxy groups -OCH3 is 1. The molecule has 0 aliphatic carbocycles. The van der Waals surface area contributed by atoms with Gasteiger partial charge in [-0.3, -0.25) is 4.79 Å². The first-order chi connectivity index (χ1) is 16.0. The summed E-state index contributed by atoms with van der Waals surface area (Å²) in [6.07, 6.45) is 10.8. The van der Waals surface area contributed by atoms with Crippen LogP contribution in [0, 0.1) is 6.92 Å². The fourth-order valence-electron chi connectivity index (χ4n) is 5.16. The Labute approximate surface area is 199 Å². The number of hydrogen-bond acceptors (Lipinski definition) is 3. The van der Waals surface area contributed by atoms with Gasteiger partial charge in [-0.25, -0.2) is 4.98 Å². The van der Waals surface area contributed by atoms with Gasteiger partial charge in [-0.2, -0.15) is 0 Å². The Balaban J connectivity index is 1.44. The summed E-state index contributed by atoms with van der Waals surface area (Å²) in [5, 5.41) is 0.722. The van der Waals surface area contributed by atoms with Gasteiger partial charge < -0.3 is 14.2 Å². The van der Waals surface area contributed by atoms with Crippen LogP contribution in [-0.2, 0) is 4.79 Å². The van der Waals surface area contributed by atoms with Crippen LogP contribution >= 0.6 is 11.6 Å². The van der Waals surface area contributed by atoms with Crippen molar-refractivity contribution >= 4 is 23.6 Å². The van der Waals surface area contributed by atoms with Crippen LogP contribution in [0.4, 0.5) is 0 Å². The fraction of sp³-hybridized carbons (Fsp3) is 0.333. The van der Waals surface area contributed by atoms with Crippen molar-refractivity contribution < 1.29 is 9.53 Å². The van der Waals surface area contributed by atoms with E-state index in [2.05, 4.69) is 22.0 Å². The minimum absolute atomic E-state index is 0.110. The van der Waals surface area contributed by atoms with E-state index in [4.69, 9.17) is 16.3 Å². The minimum atomic E-state index is 0.110. The zero-order chi connectivity index (χ0) is 22.9. The predicted molar refractivity (Wildman–Crippen MR) is 131 cm³/mol. The van der Waals surface area contributed by atoms with Crippen LogP contribution in [-0.4, -0.2) is 33.5 Å². The second-order valence-electron chi connectivity index (χ2n) is 8.93. The molecule has 6 heteroatoms. The molecule has 0 N–H and O–H groups in total. The van der Waals surface area contributed by atoms with Crippen LogP contribution < -0.4 is 4.74 Å². The Kier molecular flexibility index (Phi) is 5.98. The maximum absolute atomic E-state index is 13.6. The van der Waals surface area contributed by atoms with Crippen molar-refractivity contribution in [3.8, 4) is 11.4 Å². The zero-order valence-electron chi connectivity index (χ0n) is 19.0. The van der Waals surface area contributed by atoms with E-state index in [1.165, 1.54) is 5.56 Å². The SMILES string of the molecule is COc1cc(C=C2CC[C@H]3CCC[C@@H](c4ccc(Cl)cc4)N3C2=O)ccc1-n1cnc(C)c1. The van der Waals surface area contributed by atoms with Crippen molar-refractivity contribution in [2.75, 3.05) is 7.11 Å². The summed E-state index contributed by atoms with van der Waals surface area (Å²) in [4.78, 5) is 20.1. The van der Waals surface area contributed by atoms with Gasteiger partial charge >= 0.3 is 0 Å². The van der Waals surface area contributed by atoms with Gasteiger partial charge in [-0.05, 0) is 80.5 Å². The number of amides is 1. The summed E-state index contributed by atoms with van der Waals surface area (Å²) in [6, 6.07) is 14.4. The van der Waals surface area contributed by atoms with Crippen molar-refractivity contribution in [1.29, 1.82) is 0 Å². The van der Waals surface area contributed by atoms with Gasteiger partial charge in [0.15, 0.2) is 0 Å². The highest BCUT2D eigenvalue weighted by Gasteiger charge is 2.39. The van der Waals surface area contributed by atoms with Crippen LogP contribution in [0.1, 0.15) is 55.0 Å². The molecule has 3 heterocycles. The number of imidazole rings is 1. The lowest BCUT2D eigenvalue weighted by Crippen LogP contribution is -2.49. The van der Waals surface area contributed by atoms with Crippen molar-refractivity contribution in [3.05, 3.63) is 82.4 Å². The zero-order valence-corrected chi connectivity index (χ0v) is 19.8. The number of aryl methyl sites for hydroxylation is 1. The fourth-order valence-corrected chi connectivity index (χ4v) is 5.29. The molecule has 2 saturated heterocycles. The molecular formula is C27H28ClN3O2. The molecule has 2 fully saturated rings. The van der Waals surface area contributed by atoms with E-state index in [0.717, 1.165) is 65.4 Å². The van der Waals surface area contributed by atoms with E-state index in [1.807, 2.05) is 54.1 Å². The number of fused-ring (bicyclic) bond motifs is 1. The summed E-state index contributed by atoms with van der Waals surface area (Å²) < 4.78 is 7.60. The van der Waals surface area contributed by atoms with E-state index in [0.29, 0.717) is 6.04 Å².